The van der Waals surface area contributed by atoms with Gasteiger partial charge in [0.2, 0.25) is 5.95 Å². The van der Waals surface area contributed by atoms with Crippen LogP contribution in [0.25, 0.3) is 11.3 Å². The zero-order valence-electron chi connectivity index (χ0n) is 14.4. The first-order chi connectivity index (χ1) is 11.2. The first-order valence-corrected chi connectivity index (χ1v) is 7.65. The van der Waals surface area contributed by atoms with Crippen molar-refractivity contribution in [2.24, 2.45) is 0 Å². The summed E-state index contributed by atoms with van der Waals surface area (Å²) >= 11 is 0. The molecule has 7 nitrogen and oxygen atoms in total. The number of nitrogens with two attached hydrogens (primary N) is 1. The highest BCUT2D eigenvalue weighted by Gasteiger charge is 2.15. The molecule has 4 N–H and O–H groups in total. The van der Waals surface area contributed by atoms with Crippen LogP contribution >= 0.6 is 0 Å². The largest absolute Gasteiger partial charge is 0.443 e. The number of hydrogen-bond acceptors (Lipinski definition) is 6. The average Bonchev–Trinajstić information content (AvgIpc) is 2.47. The maximum atomic E-state index is 11.6. The lowest BCUT2D eigenvalue weighted by molar-refractivity contribution is 0.0497. The van der Waals surface area contributed by atoms with Crippen LogP contribution in [0.3, 0.4) is 0 Å². The third-order valence-electron chi connectivity index (χ3n) is 3.18. The number of hydrazine groups is 1. The van der Waals surface area contributed by atoms with E-state index in [9.17, 15) is 4.79 Å². The van der Waals surface area contributed by atoms with Crippen LogP contribution in [-0.4, -0.2) is 21.7 Å². The van der Waals surface area contributed by atoms with Crippen molar-refractivity contribution in [1.82, 2.24) is 20.8 Å². The van der Waals surface area contributed by atoms with Crippen LogP contribution in [0.5, 0.6) is 0 Å². The topological polar surface area (TPSA) is 102 Å². The van der Waals surface area contributed by atoms with Crippen LogP contribution in [0.1, 0.15) is 31.9 Å². The Morgan fingerprint density at radius 3 is 2.67 bits per heavy atom. The van der Waals surface area contributed by atoms with E-state index in [1.165, 1.54) is 0 Å². The number of carbonyl (C=O) groups excluding carboxylic acids is 1. The lowest BCUT2D eigenvalue weighted by Crippen LogP contribution is -2.40. The van der Waals surface area contributed by atoms with Crippen LogP contribution in [0.2, 0.25) is 0 Å². The molecule has 0 bridgehead atoms. The van der Waals surface area contributed by atoms with Gasteiger partial charge in [-0.15, -0.1) is 0 Å². The Bertz CT molecular complexity index is 725. The Morgan fingerprint density at radius 2 is 2.04 bits per heavy atom. The van der Waals surface area contributed by atoms with Gasteiger partial charge in [-0.2, -0.15) is 0 Å². The number of carbonyl (C=O) groups is 1. The second-order valence-corrected chi connectivity index (χ2v) is 6.42. The number of aromatic nitrogens is 2. The number of nitrogen functional groups attached to an aromatic ring is 1. The Labute approximate surface area is 141 Å². The summed E-state index contributed by atoms with van der Waals surface area (Å²) in [5.41, 5.74) is 14.3. The Balaban J connectivity index is 1.97. The van der Waals surface area contributed by atoms with Crippen LogP contribution in [0.4, 0.5) is 10.7 Å². The normalized spacial score (nSPS) is 11.2. The van der Waals surface area contributed by atoms with Crippen molar-refractivity contribution in [3.8, 4) is 11.3 Å². The molecule has 0 aliphatic heterocycles. The van der Waals surface area contributed by atoms with Gasteiger partial charge in [-0.1, -0.05) is 12.1 Å². The number of rotatable bonds is 4. The van der Waals surface area contributed by atoms with Gasteiger partial charge in [0.25, 0.3) is 0 Å². The number of aryl methyl sites for hydroxylation is 1. The molecule has 24 heavy (non-hydrogen) atoms. The third-order valence-corrected chi connectivity index (χ3v) is 3.18. The maximum absolute atomic E-state index is 11.6. The molecule has 2 aromatic rings. The van der Waals surface area contributed by atoms with Gasteiger partial charge in [0, 0.05) is 18.3 Å². The average molecular weight is 329 g/mol. The lowest BCUT2D eigenvalue weighted by Gasteiger charge is -2.20. The molecule has 0 radical (unpaired) electrons. The molecule has 0 aliphatic carbocycles. The van der Waals surface area contributed by atoms with Crippen molar-refractivity contribution in [3.05, 3.63) is 41.6 Å². The van der Waals surface area contributed by atoms with E-state index >= 15 is 0 Å². The summed E-state index contributed by atoms with van der Waals surface area (Å²) in [4.78, 5) is 19.7. The highest BCUT2D eigenvalue weighted by Crippen LogP contribution is 2.20. The van der Waals surface area contributed by atoms with Crippen molar-refractivity contribution in [1.29, 1.82) is 0 Å². The minimum absolute atomic E-state index is 0.248. The van der Waals surface area contributed by atoms with Crippen LogP contribution in [-0.2, 0) is 11.3 Å². The Hall–Kier alpha value is -2.67. The molecule has 1 amide bonds. The second-order valence-electron chi connectivity index (χ2n) is 6.42. The van der Waals surface area contributed by atoms with Gasteiger partial charge in [-0.05, 0) is 51.0 Å². The molecule has 0 unspecified atom stereocenters. The van der Waals surface area contributed by atoms with Crippen molar-refractivity contribution < 1.29 is 9.53 Å². The van der Waals surface area contributed by atoms with E-state index in [1.54, 1.807) is 6.20 Å². The van der Waals surface area contributed by atoms with E-state index in [0.717, 1.165) is 22.4 Å². The summed E-state index contributed by atoms with van der Waals surface area (Å²) in [6.45, 7) is 7.93. The first kappa shape index (κ1) is 17.7. The standard InChI is InChI=1S/C17H23N5O2/c1-11-9-12(14-7-8-19-15(18)21-14)5-6-13(11)10-20-22-16(23)24-17(2,3)4/h5-9,20H,10H2,1-4H3,(H,22,23)(H2,18,19,21). The van der Waals surface area contributed by atoms with Gasteiger partial charge in [-0.3, -0.25) is 5.43 Å². The monoisotopic (exact) mass is 329 g/mol. The zero-order chi connectivity index (χ0) is 17.7. The van der Waals surface area contributed by atoms with E-state index in [1.807, 2.05) is 52.0 Å². The molecule has 2 rings (SSSR count). The van der Waals surface area contributed by atoms with Crippen LogP contribution in [0, 0.1) is 6.92 Å². The Morgan fingerprint density at radius 1 is 1.29 bits per heavy atom. The fourth-order valence-corrected chi connectivity index (χ4v) is 2.10. The van der Waals surface area contributed by atoms with E-state index in [0.29, 0.717) is 6.54 Å². The van der Waals surface area contributed by atoms with Crippen LogP contribution in [0.15, 0.2) is 30.5 Å². The first-order valence-electron chi connectivity index (χ1n) is 7.65. The fourth-order valence-electron chi connectivity index (χ4n) is 2.10. The summed E-state index contributed by atoms with van der Waals surface area (Å²) in [6, 6.07) is 7.77. The maximum Gasteiger partial charge on any atom is 0.422 e. The smallest absolute Gasteiger partial charge is 0.422 e. The number of ether oxygens (including phenoxy) is 1. The Kier molecular flexibility index (Phi) is 5.35. The summed E-state index contributed by atoms with van der Waals surface area (Å²) in [6.07, 6.45) is 1.13. The zero-order valence-corrected chi connectivity index (χ0v) is 14.4. The summed E-state index contributed by atoms with van der Waals surface area (Å²) in [5, 5.41) is 0. The molecule has 1 aromatic heterocycles. The minimum Gasteiger partial charge on any atom is -0.443 e. The lowest BCUT2D eigenvalue weighted by atomic mass is 10.0. The highest BCUT2D eigenvalue weighted by molar-refractivity contribution is 5.67. The van der Waals surface area contributed by atoms with Gasteiger partial charge in [0.15, 0.2) is 0 Å². The number of nitrogens with one attached hydrogen (secondary N) is 2. The number of amides is 1. The van der Waals surface area contributed by atoms with Gasteiger partial charge in [0.1, 0.15) is 5.60 Å². The molecule has 0 saturated heterocycles. The molecular formula is C17H23N5O2. The van der Waals surface area contributed by atoms with Gasteiger partial charge < -0.3 is 10.5 Å². The number of hydrogen-bond donors (Lipinski definition) is 3. The minimum atomic E-state index is -0.525. The van der Waals surface area contributed by atoms with Crippen LogP contribution < -0.4 is 16.6 Å². The molecular weight excluding hydrogens is 306 g/mol. The molecule has 0 aliphatic rings. The molecule has 1 aromatic carbocycles. The highest BCUT2D eigenvalue weighted by atomic mass is 16.6. The molecule has 0 spiro atoms. The SMILES string of the molecule is Cc1cc(-c2ccnc(N)n2)ccc1CNNC(=O)OC(C)(C)C. The molecule has 0 fully saturated rings. The summed E-state index contributed by atoms with van der Waals surface area (Å²) in [7, 11) is 0. The molecule has 1 heterocycles. The third kappa shape index (κ3) is 5.20. The van der Waals surface area contributed by atoms with Gasteiger partial charge in [0.05, 0.1) is 5.69 Å². The van der Waals surface area contributed by atoms with Crippen molar-refractivity contribution >= 4 is 12.0 Å². The summed E-state index contributed by atoms with van der Waals surface area (Å²) < 4.78 is 5.16. The quantitative estimate of drug-likeness (QED) is 0.745. The molecule has 0 atom stereocenters. The van der Waals surface area contributed by atoms with E-state index in [2.05, 4.69) is 20.8 Å². The van der Waals surface area contributed by atoms with E-state index in [-0.39, 0.29) is 5.95 Å². The number of nitrogens with zero attached hydrogens (tertiary/aromatic N) is 2. The van der Waals surface area contributed by atoms with Crippen molar-refractivity contribution in [2.75, 3.05) is 5.73 Å². The fraction of sp³-hybridized carbons (Fsp3) is 0.353. The molecule has 128 valence electrons. The number of benzene rings is 1. The summed E-state index contributed by atoms with van der Waals surface area (Å²) in [5.74, 6) is 0.248. The van der Waals surface area contributed by atoms with E-state index in [4.69, 9.17) is 10.5 Å². The predicted molar refractivity (Wildman–Crippen MR) is 92.8 cm³/mol. The molecule has 7 heteroatoms. The van der Waals surface area contributed by atoms with Gasteiger partial charge in [-0.25, -0.2) is 20.2 Å². The van der Waals surface area contributed by atoms with Gasteiger partial charge >= 0.3 is 6.09 Å². The van der Waals surface area contributed by atoms with Crippen molar-refractivity contribution in [3.63, 3.8) is 0 Å². The molecule has 0 saturated carbocycles. The number of anilines is 1. The second kappa shape index (κ2) is 7.27. The van der Waals surface area contributed by atoms with Crippen molar-refractivity contribution in [2.45, 2.75) is 39.8 Å². The predicted octanol–water partition coefficient (Wildman–Crippen LogP) is 2.56. The van der Waals surface area contributed by atoms with E-state index < -0.39 is 11.7 Å².